The first-order valence-corrected chi connectivity index (χ1v) is 7.69. The lowest BCUT2D eigenvalue weighted by atomic mass is 10.0. The molecule has 1 amide bonds. The number of carbonyl (C=O) groups is 2. The average molecular weight is 335 g/mol. The van der Waals surface area contributed by atoms with Gasteiger partial charge in [-0.05, 0) is 36.1 Å². The summed E-state index contributed by atoms with van der Waals surface area (Å²) in [6.07, 6.45) is 3.53. The minimum Gasteiger partial charge on any atom is -0.493 e. The van der Waals surface area contributed by atoms with E-state index in [9.17, 15) is 9.59 Å². The van der Waals surface area contributed by atoms with Gasteiger partial charge in [0.2, 0.25) is 5.91 Å². The molecule has 6 nitrogen and oxygen atoms in total. The van der Waals surface area contributed by atoms with Crippen LogP contribution in [-0.2, 0) is 14.3 Å². The summed E-state index contributed by atoms with van der Waals surface area (Å²) in [7, 11) is 4.41. The number of esters is 1. The molecule has 0 aliphatic rings. The molecule has 0 saturated heterocycles. The molecular weight excluding hydrogens is 310 g/mol. The predicted molar refractivity (Wildman–Crippen MR) is 92.0 cm³/mol. The zero-order chi connectivity index (χ0) is 18.1. The maximum atomic E-state index is 12.0. The highest BCUT2D eigenvalue weighted by atomic mass is 16.5. The van der Waals surface area contributed by atoms with Gasteiger partial charge in [-0.3, -0.25) is 4.79 Å². The number of carbonyl (C=O) groups excluding carboxylic acids is 2. The second kappa shape index (κ2) is 9.60. The SMILES string of the molecule is COC(=O)[C@@H](CC(C)C)NC(=O)/C=C/c1ccc(OC)c(OC)c1. The van der Waals surface area contributed by atoms with E-state index in [1.165, 1.54) is 13.2 Å². The number of ether oxygens (including phenoxy) is 3. The van der Waals surface area contributed by atoms with E-state index in [1.54, 1.807) is 38.5 Å². The lowest BCUT2D eigenvalue weighted by molar-refractivity contribution is -0.145. The topological polar surface area (TPSA) is 73.9 Å². The van der Waals surface area contributed by atoms with E-state index in [0.717, 1.165) is 5.56 Å². The van der Waals surface area contributed by atoms with E-state index in [0.29, 0.717) is 17.9 Å². The largest absolute Gasteiger partial charge is 0.493 e. The quantitative estimate of drug-likeness (QED) is 0.583. The lowest BCUT2D eigenvalue weighted by Crippen LogP contribution is -2.41. The maximum absolute atomic E-state index is 12.0. The van der Waals surface area contributed by atoms with Crippen LogP contribution < -0.4 is 14.8 Å². The zero-order valence-corrected chi connectivity index (χ0v) is 14.8. The molecule has 0 fully saturated rings. The molecule has 6 heteroatoms. The van der Waals surface area contributed by atoms with Crippen LogP contribution >= 0.6 is 0 Å². The lowest BCUT2D eigenvalue weighted by Gasteiger charge is -2.17. The fraction of sp³-hybridized carbons (Fsp3) is 0.444. The summed E-state index contributed by atoms with van der Waals surface area (Å²) < 4.78 is 15.1. The van der Waals surface area contributed by atoms with E-state index in [2.05, 4.69) is 5.32 Å². The Kier molecular flexibility index (Phi) is 7.82. The van der Waals surface area contributed by atoms with Crippen LogP contribution in [0.4, 0.5) is 0 Å². The summed E-state index contributed by atoms with van der Waals surface area (Å²) in [4.78, 5) is 23.8. The summed E-state index contributed by atoms with van der Waals surface area (Å²) in [5.41, 5.74) is 0.779. The maximum Gasteiger partial charge on any atom is 0.328 e. The third-order valence-corrected chi connectivity index (χ3v) is 3.34. The van der Waals surface area contributed by atoms with Gasteiger partial charge in [-0.1, -0.05) is 19.9 Å². The van der Waals surface area contributed by atoms with Crippen LogP contribution in [0.25, 0.3) is 6.08 Å². The standard InChI is InChI=1S/C18H25NO5/c1-12(2)10-14(18(21)24-5)19-17(20)9-7-13-6-8-15(22-3)16(11-13)23-4/h6-9,11-12,14H,10H2,1-5H3,(H,19,20)/b9-7+/t14-/m1/s1. The van der Waals surface area contributed by atoms with Gasteiger partial charge in [0, 0.05) is 6.08 Å². The van der Waals surface area contributed by atoms with Gasteiger partial charge in [0.25, 0.3) is 0 Å². The molecule has 0 aliphatic heterocycles. The van der Waals surface area contributed by atoms with Crippen molar-refractivity contribution in [3.05, 3.63) is 29.8 Å². The molecule has 1 rings (SSSR count). The number of amides is 1. The van der Waals surface area contributed by atoms with Crippen molar-refractivity contribution in [2.24, 2.45) is 5.92 Å². The smallest absolute Gasteiger partial charge is 0.328 e. The minimum absolute atomic E-state index is 0.254. The molecule has 1 N–H and O–H groups in total. The molecule has 0 radical (unpaired) electrons. The Morgan fingerprint density at radius 2 is 1.79 bits per heavy atom. The van der Waals surface area contributed by atoms with Crippen molar-refractivity contribution >= 4 is 18.0 Å². The van der Waals surface area contributed by atoms with Crippen LogP contribution in [0.5, 0.6) is 11.5 Å². The van der Waals surface area contributed by atoms with E-state index in [4.69, 9.17) is 14.2 Å². The van der Waals surface area contributed by atoms with Crippen LogP contribution in [0.15, 0.2) is 24.3 Å². The highest BCUT2D eigenvalue weighted by Crippen LogP contribution is 2.27. The molecule has 0 heterocycles. The average Bonchev–Trinajstić information content (AvgIpc) is 2.57. The Morgan fingerprint density at radius 1 is 1.12 bits per heavy atom. The molecule has 132 valence electrons. The second-order valence-corrected chi connectivity index (χ2v) is 5.66. The first-order chi connectivity index (χ1) is 11.4. The first kappa shape index (κ1) is 19.5. The highest BCUT2D eigenvalue weighted by molar-refractivity contribution is 5.94. The van der Waals surface area contributed by atoms with E-state index < -0.39 is 12.0 Å². The fourth-order valence-corrected chi connectivity index (χ4v) is 2.18. The Hall–Kier alpha value is -2.50. The second-order valence-electron chi connectivity index (χ2n) is 5.66. The van der Waals surface area contributed by atoms with Gasteiger partial charge >= 0.3 is 5.97 Å². The summed E-state index contributed by atoms with van der Waals surface area (Å²) in [6, 6.07) is 4.66. The molecule has 1 aromatic rings. The van der Waals surface area contributed by atoms with Crippen molar-refractivity contribution in [3.8, 4) is 11.5 Å². The van der Waals surface area contributed by atoms with Crippen molar-refractivity contribution in [2.45, 2.75) is 26.3 Å². The number of methoxy groups -OCH3 is 3. The number of benzene rings is 1. The summed E-state index contributed by atoms with van der Waals surface area (Å²) >= 11 is 0. The molecule has 24 heavy (non-hydrogen) atoms. The van der Waals surface area contributed by atoms with Gasteiger partial charge in [0.05, 0.1) is 21.3 Å². The van der Waals surface area contributed by atoms with Gasteiger partial charge < -0.3 is 19.5 Å². The van der Waals surface area contributed by atoms with Crippen molar-refractivity contribution in [1.82, 2.24) is 5.32 Å². The summed E-state index contributed by atoms with van der Waals surface area (Å²) in [6.45, 7) is 3.95. The molecule has 0 saturated carbocycles. The van der Waals surface area contributed by atoms with Gasteiger partial charge in [0.15, 0.2) is 11.5 Å². The molecule has 1 aromatic carbocycles. The predicted octanol–water partition coefficient (Wildman–Crippen LogP) is 2.42. The van der Waals surface area contributed by atoms with Crippen molar-refractivity contribution in [1.29, 1.82) is 0 Å². The molecule has 0 unspecified atom stereocenters. The van der Waals surface area contributed by atoms with Crippen LogP contribution in [0.1, 0.15) is 25.8 Å². The monoisotopic (exact) mass is 335 g/mol. The van der Waals surface area contributed by atoms with Crippen molar-refractivity contribution in [2.75, 3.05) is 21.3 Å². The number of hydrogen-bond donors (Lipinski definition) is 1. The van der Waals surface area contributed by atoms with Crippen molar-refractivity contribution < 1.29 is 23.8 Å². The zero-order valence-electron chi connectivity index (χ0n) is 14.8. The third-order valence-electron chi connectivity index (χ3n) is 3.34. The van der Waals surface area contributed by atoms with Crippen LogP contribution in [0.3, 0.4) is 0 Å². The van der Waals surface area contributed by atoms with Gasteiger partial charge in [0.1, 0.15) is 6.04 Å². The van der Waals surface area contributed by atoms with Crippen LogP contribution in [0.2, 0.25) is 0 Å². The Balaban J connectivity index is 2.78. The van der Waals surface area contributed by atoms with Gasteiger partial charge in [-0.15, -0.1) is 0 Å². The Bertz CT molecular complexity index is 595. The number of rotatable bonds is 8. The van der Waals surface area contributed by atoms with E-state index in [-0.39, 0.29) is 11.8 Å². The number of nitrogens with one attached hydrogen (secondary N) is 1. The molecule has 0 aromatic heterocycles. The molecule has 0 spiro atoms. The van der Waals surface area contributed by atoms with Gasteiger partial charge in [-0.2, -0.15) is 0 Å². The van der Waals surface area contributed by atoms with Crippen LogP contribution in [0, 0.1) is 5.92 Å². The number of hydrogen-bond acceptors (Lipinski definition) is 5. The first-order valence-electron chi connectivity index (χ1n) is 7.69. The molecule has 0 aliphatic carbocycles. The summed E-state index contributed by atoms with van der Waals surface area (Å²) in [5.74, 6) is 0.635. The molecular formula is C18H25NO5. The van der Waals surface area contributed by atoms with E-state index >= 15 is 0 Å². The Labute approximate surface area is 142 Å². The Morgan fingerprint density at radius 3 is 2.33 bits per heavy atom. The highest BCUT2D eigenvalue weighted by Gasteiger charge is 2.21. The summed E-state index contributed by atoms with van der Waals surface area (Å²) in [5, 5.41) is 2.66. The normalized spacial score (nSPS) is 12.1. The fourth-order valence-electron chi connectivity index (χ4n) is 2.18. The molecule has 1 atom stereocenters. The minimum atomic E-state index is -0.655. The van der Waals surface area contributed by atoms with Crippen molar-refractivity contribution in [3.63, 3.8) is 0 Å². The van der Waals surface area contributed by atoms with Crippen LogP contribution in [-0.4, -0.2) is 39.2 Å². The van der Waals surface area contributed by atoms with E-state index in [1.807, 2.05) is 13.8 Å². The molecule has 0 bridgehead atoms. The third kappa shape index (κ3) is 5.95. The van der Waals surface area contributed by atoms with Gasteiger partial charge in [-0.25, -0.2) is 4.79 Å².